The summed E-state index contributed by atoms with van der Waals surface area (Å²) in [6.45, 7) is 0. The minimum atomic E-state index is -0.661. The van der Waals surface area contributed by atoms with Crippen molar-refractivity contribution in [2.45, 2.75) is 25.2 Å². The van der Waals surface area contributed by atoms with Crippen LogP contribution in [-0.4, -0.2) is 38.8 Å². The molecule has 1 aliphatic carbocycles. The van der Waals surface area contributed by atoms with Crippen LogP contribution in [-0.2, 0) is 9.59 Å². The van der Waals surface area contributed by atoms with Gasteiger partial charge in [-0.15, -0.1) is 0 Å². The maximum Gasteiger partial charge on any atom is 0.234 e. The lowest BCUT2D eigenvalue weighted by molar-refractivity contribution is -0.116. The number of hydrogen-bond acceptors (Lipinski definition) is 8. The van der Waals surface area contributed by atoms with Crippen molar-refractivity contribution in [3.05, 3.63) is 67.8 Å². The van der Waals surface area contributed by atoms with Crippen LogP contribution in [0.3, 0.4) is 0 Å². The molecular weight excluding hydrogens is 549 g/mol. The molecular formula is C27H25Cl2N3O5S. The highest BCUT2D eigenvalue weighted by Crippen LogP contribution is 2.48. The number of nitriles is 1. The van der Waals surface area contributed by atoms with E-state index in [0.717, 1.165) is 5.70 Å². The Morgan fingerprint density at radius 3 is 2.50 bits per heavy atom. The molecule has 2 N–H and O–H groups in total. The average Bonchev–Trinajstić information content (AvgIpc) is 2.92. The number of carbonyl (C=O) groups is 2. The predicted molar refractivity (Wildman–Crippen MR) is 148 cm³/mol. The second kappa shape index (κ2) is 12.0. The number of rotatable bonds is 8. The number of amides is 1. The van der Waals surface area contributed by atoms with E-state index in [1.807, 2.05) is 0 Å². The normalized spacial score (nSPS) is 16.8. The summed E-state index contributed by atoms with van der Waals surface area (Å²) in [5, 5.41) is 17.4. The van der Waals surface area contributed by atoms with Gasteiger partial charge >= 0.3 is 0 Å². The van der Waals surface area contributed by atoms with Crippen molar-refractivity contribution >= 4 is 52.3 Å². The van der Waals surface area contributed by atoms with Crippen LogP contribution < -0.4 is 24.8 Å². The molecule has 0 unspecified atom stereocenters. The Balaban J connectivity index is 1.71. The second-order valence-corrected chi connectivity index (χ2v) is 10.2. The number of methoxy groups -OCH3 is 3. The van der Waals surface area contributed by atoms with Crippen molar-refractivity contribution < 1.29 is 23.8 Å². The van der Waals surface area contributed by atoms with Crippen LogP contribution in [0, 0.1) is 11.3 Å². The maximum absolute atomic E-state index is 13.1. The number of anilines is 1. The van der Waals surface area contributed by atoms with Gasteiger partial charge in [-0.3, -0.25) is 9.59 Å². The van der Waals surface area contributed by atoms with Crippen molar-refractivity contribution in [3.8, 4) is 23.3 Å². The molecule has 8 nitrogen and oxygen atoms in total. The molecule has 1 heterocycles. The molecule has 0 radical (unpaired) electrons. The van der Waals surface area contributed by atoms with Gasteiger partial charge in [-0.25, -0.2) is 0 Å². The summed E-state index contributed by atoms with van der Waals surface area (Å²) >= 11 is 13.4. The molecule has 1 amide bonds. The summed E-state index contributed by atoms with van der Waals surface area (Å²) in [5.41, 5.74) is 2.66. The van der Waals surface area contributed by atoms with E-state index in [2.05, 4.69) is 16.7 Å². The lowest BCUT2D eigenvalue weighted by Gasteiger charge is -2.33. The summed E-state index contributed by atoms with van der Waals surface area (Å²) in [7, 11) is 4.52. The number of Topliss-reactive ketones (excluding diaryl/α,β-unsaturated/α-hetero) is 1. The SMILES string of the molecule is COc1cc([C@@H]2C(C#N)=C(SCC(=O)Nc3cccc(Cl)c3Cl)NC3=C2C(=O)CCC3)cc(OC)c1OC. The monoisotopic (exact) mass is 573 g/mol. The van der Waals surface area contributed by atoms with Gasteiger partial charge in [-0.1, -0.05) is 41.0 Å². The van der Waals surface area contributed by atoms with Gasteiger partial charge in [-0.2, -0.15) is 5.26 Å². The molecule has 2 aliphatic rings. The van der Waals surface area contributed by atoms with E-state index >= 15 is 0 Å². The quantitative estimate of drug-likeness (QED) is 0.406. The molecule has 1 aliphatic heterocycles. The number of nitrogens with one attached hydrogen (secondary N) is 2. The number of benzene rings is 2. The van der Waals surface area contributed by atoms with Crippen molar-refractivity contribution in [3.63, 3.8) is 0 Å². The molecule has 0 saturated heterocycles. The molecule has 0 aromatic heterocycles. The third-order valence-corrected chi connectivity index (χ3v) is 8.09. The zero-order valence-electron chi connectivity index (χ0n) is 20.9. The summed E-state index contributed by atoms with van der Waals surface area (Å²) < 4.78 is 16.5. The van der Waals surface area contributed by atoms with Gasteiger partial charge in [0.25, 0.3) is 0 Å². The van der Waals surface area contributed by atoms with Gasteiger partial charge in [0.15, 0.2) is 17.3 Å². The van der Waals surface area contributed by atoms with Crippen LogP contribution in [0.5, 0.6) is 17.2 Å². The van der Waals surface area contributed by atoms with Crippen LogP contribution in [0.25, 0.3) is 0 Å². The minimum Gasteiger partial charge on any atom is -0.493 e. The zero-order valence-corrected chi connectivity index (χ0v) is 23.3. The van der Waals surface area contributed by atoms with E-state index < -0.39 is 5.92 Å². The van der Waals surface area contributed by atoms with Gasteiger partial charge < -0.3 is 24.8 Å². The van der Waals surface area contributed by atoms with Crippen LogP contribution in [0.4, 0.5) is 5.69 Å². The zero-order chi connectivity index (χ0) is 27.4. The van der Waals surface area contributed by atoms with Gasteiger partial charge in [0.2, 0.25) is 11.7 Å². The first-order valence-corrected chi connectivity index (χ1v) is 13.4. The molecule has 2 aromatic carbocycles. The van der Waals surface area contributed by atoms with E-state index in [1.54, 1.807) is 30.3 Å². The number of thioether (sulfide) groups is 1. The van der Waals surface area contributed by atoms with Crippen LogP contribution >= 0.6 is 35.0 Å². The van der Waals surface area contributed by atoms with E-state index in [9.17, 15) is 14.9 Å². The van der Waals surface area contributed by atoms with E-state index in [0.29, 0.717) is 69.0 Å². The Bertz CT molecular complexity index is 1370. The molecule has 0 spiro atoms. The van der Waals surface area contributed by atoms with Crippen molar-refractivity contribution in [2.75, 3.05) is 32.4 Å². The summed E-state index contributed by atoms with van der Waals surface area (Å²) in [4.78, 5) is 25.9. The Labute approximate surface area is 234 Å². The first-order valence-electron chi connectivity index (χ1n) is 11.7. The lowest BCUT2D eigenvalue weighted by Crippen LogP contribution is -2.31. The Kier molecular flexibility index (Phi) is 8.77. The first kappa shape index (κ1) is 27.7. The van der Waals surface area contributed by atoms with E-state index in [1.165, 1.54) is 33.1 Å². The molecule has 0 bridgehead atoms. The molecule has 0 saturated carbocycles. The topological polar surface area (TPSA) is 110 Å². The summed E-state index contributed by atoms with van der Waals surface area (Å²) in [6, 6.07) is 10.7. The van der Waals surface area contributed by atoms with Gasteiger partial charge in [-0.05, 0) is 42.7 Å². The number of ketones is 1. The Morgan fingerprint density at radius 1 is 1.16 bits per heavy atom. The van der Waals surface area contributed by atoms with Gasteiger partial charge in [0.05, 0.1) is 65.4 Å². The predicted octanol–water partition coefficient (Wildman–Crippen LogP) is 5.82. The van der Waals surface area contributed by atoms with Crippen molar-refractivity contribution in [1.82, 2.24) is 5.32 Å². The number of allylic oxidation sites excluding steroid dienone is 3. The number of carbonyl (C=O) groups excluding carboxylic acids is 2. The van der Waals surface area contributed by atoms with Crippen LogP contribution in [0.1, 0.15) is 30.7 Å². The van der Waals surface area contributed by atoms with E-state index in [4.69, 9.17) is 37.4 Å². The molecule has 38 heavy (non-hydrogen) atoms. The standard InChI is InChI=1S/C27H25Cl2N3O5S/c1-35-20-10-14(11-21(36-2)26(20)37-3)23-15(12-30)27(32-17-7-5-9-19(33)24(17)23)38-13-22(34)31-18-8-4-6-16(28)25(18)29/h4,6,8,10-11,23,32H,5,7,9,13H2,1-3H3,(H,31,34)/t23-/m1/s1. The minimum absolute atomic E-state index is 0.00507. The Morgan fingerprint density at radius 2 is 1.87 bits per heavy atom. The van der Waals surface area contributed by atoms with Crippen LogP contribution in [0.15, 0.2) is 52.2 Å². The largest absolute Gasteiger partial charge is 0.493 e. The Hall–Kier alpha value is -3.32. The number of hydrogen-bond donors (Lipinski definition) is 2. The molecule has 2 aromatic rings. The number of dihydropyridines is 1. The van der Waals surface area contributed by atoms with E-state index in [-0.39, 0.29) is 22.5 Å². The third kappa shape index (κ3) is 5.44. The highest BCUT2D eigenvalue weighted by atomic mass is 35.5. The highest BCUT2D eigenvalue weighted by Gasteiger charge is 2.38. The summed E-state index contributed by atoms with van der Waals surface area (Å²) in [6.07, 6.45) is 1.74. The average molecular weight is 574 g/mol. The number of halogens is 2. The van der Waals surface area contributed by atoms with Crippen molar-refractivity contribution in [2.24, 2.45) is 0 Å². The third-order valence-electron chi connectivity index (χ3n) is 6.26. The molecule has 1 atom stereocenters. The highest BCUT2D eigenvalue weighted by molar-refractivity contribution is 8.03. The number of nitrogens with zero attached hydrogens (tertiary/aromatic N) is 1. The first-order chi connectivity index (χ1) is 18.3. The van der Waals surface area contributed by atoms with Crippen LogP contribution in [0.2, 0.25) is 10.0 Å². The van der Waals surface area contributed by atoms with Gasteiger partial charge in [0, 0.05) is 17.7 Å². The molecule has 11 heteroatoms. The summed E-state index contributed by atoms with van der Waals surface area (Å²) in [5.74, 6) is 0.216. The lowest BCUT2D eigenvalue weighted by atomic mass is 9.76. The molecule has 0 fully saturated rings. The second-order valence-electron chi connectivity index (χ2n) is 8.48. The molecule has 4 rings (SSSR count). The fraction of sp³-hybridized carbons (Fsp3) is 0.296. The fourth-order valence-electron chi connectivity index (χ4n) is 4.56. The molecule has 198 valence electrons. The number of ether oxygens (including phenoxy) is 3. The van der Waals surface area contributed by atoms with Crippen molar-refractivity contribution in [1.29, 1.82) is 5.26 Å². The maximum atomic E-state index is 13.1. The van der Waals surface area contributed by atoms with Gasteiger partial charge in [0.1, 0.15) is 0 Å². The fourth-order valence-corrected chi connectivity index (χ4v) is 5.77. The smallest absolute Gasteiger partial charge is 0.234 e.